The van der Waals surface area contributed by atoms with E-state index in [9.17, 15) is 9.90 Å². The van der Waals surface area contributed by atoms with E-state index in [1.54, 1.807) is 0 Å². The smallest absolute Gasteiger partial charge is 0.197 e. The van der Waals surface area contributed by atoms with Gasteiger partial charge < -0.3 is 14.9 Å². The second-order valence-electron chi connectivity index (χ2n) is 2.67. The number of ketones is 1. The molecule has 4 heteroatoms. The highest BCUT2D eigenvalue weighted by molar-refractivity contribution is 5.91. The number of carbonyl (C=O) groups is 1. The van der Waals surface area contributed by atoms with Crippen LogP contribution in [0.5, 0.6) is 0 Å². The molecule has 0 aromatic heterocycles. The fraction of sp³-hybridized carbons (Fsp3) is 0.833. The molecule has 1 fully saturated rings. The lowest BCUT2D eigenvalue weighted by Crippen LogP contribution is -2.52. The average molecular weight is 146 g/mol. The van der Waals surface area contributed by atoms with Crippen LogP contribution in [-0.4, -0.2) is 40.9 Å². The highest BCUT2D eigenvalue weighted by Gasteiger charge is 2.39. The van der Waals surface area contributed by atoms with E-state index in [0.29, 0.717) is 0 Å². The van der Waals surface area contributed by atoms with Crippen LogP contribution in [0.3, 0.4) is 0 Å². The van der Waals surface area contributed by atoms with Crippen LogP contribution < -0.4 is 0 Å². The lowest BCUT2D eigenvalue weighted by Gasteiger charge is -2.29. The summed E-state index contributed by atoms with van der Waals surface area (Å²) in [5, 5.41) is 18.1. The number of Topliss-reactive ketones (excluding diaryl/α,β-unsaturated/α-hetero) is 1. The van der Waals surface area contributed by atoms with E-state index in [4.69, 9.17) is 9.84 Å². The van der Waals surface area contributed by atoms with Crippen LogP contribution >= 0.6 is 0 Å². The van der Waals surface area contributed by atoms with E-state index in [1.807, 2.05) is 0 Å². The number of hydrogen-bond donors (Lipinski definition) is 2. The van der Waals surface area contributed by atoms with Crippen molar-refractivity contribution in [3.05, 3.63) is 0 Å². The van der Waals surface area contributed by atoms with Gasteiger partial charge in [0, 0.05) is 0 Å². The zero-order valence-electron chi connectivity index (χ0n) is 5.70. The highest BCUT2D eigenvalue weighted by atomic mass is 16.5. The van der Waals surface area contributed by atoms with Crippen molar-refractivity contribution in [1.82, 2.24) is 0 Å². The summed E-state index contributed by atoms with van der Waals surface area (Å²) in [6.07, 6.45) is -1.16. The minimum absolute atomic E-state index is 0.00498. The summed E-state index contributed by atoms with van der Waals surface area (Å²) in [6.45, 7) is 1.30. The van der Waals surface area contributed by atoms with Crippen molar-refractivity contribution in [2.75, 3.05) is 13.2 Å². The summed E-state index contributed by atoms with van der Waals surface area (Å²) in [6, 6.07) is 0. The Balaban J connectivity index is 2.70. The van der Waals surface area contributed by atoms with E-state index in [-0.39, 0.29) is 13.2 Å². The zero-order chi connectivity index (χ0) is 7.78. The third-order valence-corrected chi connectivity index (χ3v) is 1.49. The predicted octanol–water partition coefficient (Wildman–Crippen LogP) is -1.30. The van der Waals surface area contributed by atoms with Crippen LogP contribution in [0.4, 0.5) is 0 Å². The molecule has 2 N–H and O–H groups in total. The molecular weight excluding hydrogens is 136 g/mol. The van der Waals surface area contributed by atoms with Gasteiger partial charge in [-0.3, -0.25) is 4.79 Å². The maximum atomic E-state index is 10.9. The SMILES string of the molecule is CC1(O)COCC(O)C1=O. The van der Waals surface area contributed by atoms with E-state index in [0.717, 1.165) is 0 Å². The number of hydrogen-bond acceptors (Lipinski definition) is 4. The Morgan fingerprint density at radius 3 is 2.80 bits per heavy atom. The van der Waals surface area contributed by atoms with Crippen molar-refractivity contribution >= 4 is 5.78 Å². The van der Waals surface area contributed by atoms with Gasteiger partial charge in [-0.2, -0.15) is 0 Å². The van der Waals surface area contributed by atoms with Crippen LogP contribution in [0, 0.1) is 0 Å². The first-order valence-corrected chi connectivity index (χ1v) is 3.06. The first-order chi connectivity index (χ1) is 4.54. The lowest BCUT2D eigenvalue weighted by molar-refractivity contribution is -0.167. The molecule has 0 aliphatic carbocycles. The van der Waals surface area contributed by atoms with Crippen LogP contribution in [0.15, 0.2) is 0 Å². The highest BCUT2D eigenvalue weighted by Crippen LogP contribution is 2.13. The summed E-state index contributed by atoms with van der Waals surface area (Å²) in [4.78, 5) is 10.9. The first-order valence-electron chi connectivity index (χ1n) is 3.06. The Hall–Kier alpha value is -0.450. The topological polar surface area (TPSA) is 66.8 Å². The molecule has 0 spiro atoms. The maximum absolute atomic E-state index is 10.9. The minimum atomic E-state index is -1.50. The lowest BCUT2D eigenvalue weighted by atomic mass is 9.96. The van der Waals surface area contributed by atoms with Crippen molar-refractivity contribution in [2.45, 2.75) is 18.6 Å². The Bertz CT molecular complexity index is 152. The van der Waals surface area contributed by atoms with Crippen molar-refractivity contribution in [3.8, 4) is 0 Å². The van der Waals surface area contributed by atoms with Crippen molar-refractivity contribution in [3.63, 3.8) is 0 Å². The molecule has 1 aliphatic rings. The molecule has 0 radical (unpaired) electrons. The van der Waals surface area contributed by atoms with E-state index in [2.05, 4.69) is 0 Å². The molecule has 0 bridgehead atoms. The molecule has 1 aliphatic heterocycles. The Kier molecular flexibility index (Phi) is 1.76. The second-order valence-corrected chi connectivity index (χ2v) is 2.67. The molecule has 2 unspecified atom stereocenters. The average Bonchev–Trinajstić information content (AvgIpc) is 1.83. The van der Waals surface area contributed by atoms with E-state index < -0.39 is 17.5 Å². The molecule has 10 heavy (non-hydrogen) atoms. The molecule has 0 amide bonds. The summed E-state index contributed by atoms with van der Waals surface area (Å²) >= 11 is 0. The number of ether oxygens (including phenoxy) is 1. The Labute approximate surface area is 58.4 Å². The second kappa shape index (κ2) is 2.30. The van der Waals surface area contributed by atoms with Gasteiger partial charge in [0.1, 0.15) is 11.7 Å². The number of aliphatic hydroxyl groups is 2. The van der Waals surface area contributed by atoms with Gasteiger partial charge >= 0.3 is 0 Å². The molecular formula is C6H10O4. The van der Waals surface area contributed by atoms with Crippen molar-refractivity contribution in [1.29, 1.82) is 0 Å². The molecule has 4 nitrogen and oxygen atoms in total. The molecule has 0 aromatic rings. The zero-order valence-corrected chi connectivity index (χ0v) is 5.70. The van der Waals surface area contributed by atoms with Crippen molar-refractivity contribution in [2.24, 2.45) is 0 Å². The van der Waals surface area contributed by atoms with E-state index in [1.165, 1.54) is 6.92 Å². The predicted molar refractivity (Wildman–Crippen MR) is 32.5 cm³/mol. The van der Waals surface area contributed by atoms with Crippen LogP contribution in [0.1, 0.15) is 6.92 Å². The fourth-order valence-electron chi connectivity index (χ4n) is 0.875. The number of rotatable bonds is 0. The van der Waals surface area contributed by atoms with Gasteiger partial charge in [0.25, 0.3) is 0 Å². The van der Waals surface area contributed by atoms with Gasteiger partial charge in [-0.05, 0) is 6.92 Å². The molecule has 0 aromatic carbocycles. The standard InChI is InChI=1S/C6H10O4/c1-6(9)3-10-2-4(7)5(6)8/h4,7,9H,2-3H2,1H3. The van der Waals surface area contributed by atoms with Gasteiger partial charge in [-0.25, -0.2) is 0 Å². The van der Waals surface area contributed by atoms with Gasteiger partial charge in [-0.15, -0.1) is 0 Å². The monoisotopic (exact) mass is 146 g/mol. The Morgan fingerprint density at radius 1 is 1.80 bits per heavy atom. The van der Waals surface area contributed by atoms with Gasteiger partial charge in [0.2, 0.25) is 0 Å². The van der Waals surface area contributed by atoms with Crippen LogP contribution in [-0.2, 0) is 9.53 Å². The number of aliphatic hydroxyl groups excluding tert-OH is 1. The molecule has 1 rings (SSSR count). The Morgan fingerprint density at radius 2 is 2.40 bits per heavy atom. The molecule has 58 valence electrons. The largest absolute Gasteiger partial charge is 0.383 e. The summed E-state index contributed by atoms with van der Waals surface area (Å²) in [5.41, 5.74) is -1.50. The third kappa shape index (κ3) is 1.18. The molecule has 1 heterocycles. The van der Waals surface area contributed by atoms with Gasteiger partial charge in [0.15, 0.2) is 5.78 Å². The summed E-state index contributed by atoms with van der Waals surface area (Å²) in [7, 11) is 0. The van der Waals surface area contributed by atoms with Crippen LogP contribution in [0.25, 0.3) is 0 Å². The normalized spacial score (nSPS) is 41.9. The number of carbonyl (C=O) groups excluding carboxylic acids is 1. The first kappa shape index (κ1) is 7.65. The van der Waals surface area contributed by atoms with E-state index >= 15 is 0 Å². The molecule has 2 atom stereocenters. The van der Waals surface area contributed by atoms with Crippen LogP contribution in [0.2, 0.25) is 0 Å². The summed E-state index contributed by atoms with van der Waals surface area (Å²) in [5.74, 6) is -0.557. The minimum Gasteiger partial charge on any atom is -0.383 e. The van der Waals surface area contributed by atoms with Gasteiger partial charge in [0.05, 0.1) is 13.2 Å². The maximum Gasteiger partial charge on any atom is 0.197 e. The van der Waals surface area contributed by atoms with Gasteiger partial charge in [-0.1, -0.05) is 0 Å². The summed E-state index contributed by atoms with van der Waals surface area (Å²) < 4.78 is 4.75. The fourth-order valence-corrected chi connectivity index (χ4v) is 0.875. The molecule has 0 saturated carbocycles. The molecule has 1 saturated heterocycles. The third-order valence-electron chi connectivity index (χ3n) is 1.49. The van der Waals surface area contributed by atoms with Crippen molar-refractivity contribution < 1.29 is 19.7 Å². The quantitative estimate of drug-likeness (QED) is 0.445.